The topological polar surface area (TPSA) is 52.7 Å². The van der Waals surface area contributed by atoms with Crippen LogP contribution in [-0.2, 0) is 16.1 Å². The number of halogens is 1. The van der Waals surface area contributed by atoms with Crippen LogP contribution in [0.4, 0.5) is 4.39 Å². The number of amides is 2. The largest absolute Gasteiger partial charge is 0.356 e. The summed E-state index contributed by atoms with van der Waals surface area (Å²) < 4.78 is 13.1. The molecule has 0 radical (unpaired) electrons. The molecule has 1 N–H and O–H groups in total. The second-order valence-corrected chi connectivity index (χ2v) is 9.42. The van der Waals surface area contributed by atoms with Crippen molar-refractivity contribution in [1.29, 1.82) is 0 Å². The van der Waals surface area contributed by atoms with E-state index in [9.17, 15) is 14.0 Å². The first-order valence-electron chi connectivity index (χ1n) is 11.4. The summed E-state index contributed by atoms with van der Waals surface area (Å²) in [5.41, 5.74) is 1.13. The highest BCUT2D eigenvalue weighted by atomic mass is 19.1. The molecular weight excluding hydrogens is 381 g/mol. The summed E-state index contributed by atoms with van der Waals surface area (Å²) in [7, 11) is 0. The van der Waals surface area contributed by atoms with Crippen LogP contribution >= 0.6 is 0 Å². The molecule has 0 unspecified atom stereocenters. The molecule has 2 saturated heterocycles. The van der Waals surface area contributed by atoms with Crippen molar-refractivity contribution >= 4 is 11.8 Å². The first-order chi connectivity index (χ1) is 14.3. The Hall–Kier alpha value is -1.95. The fourth-order valence-corrected chi connectivity index (χ4v) is 4.69. The third-order valence-electron chi connectivity index (χ3n) is 6.55. The molecule has 3 rings (SSSR count). The quantitative estimate of drug-likeness (QED) is 0.739. The fourth-order valence-electron chi connectivity index (χ4n) is 4.69. The summed E-state index contributed by atoms with van der Waals surface area (Å²) in [6.45, 7) is 10.5. The van der Waals surface area contributed by atoms with Gasteiger partial charge in [0.1, 0.15) is 5.82 Å². The Morgan fingerprint density at radius 1 is 1.17 bits per heavy atom. The first-order valence-corrected chi connectivity index (χ1v) is 11.4. The van der Waals surface area contributed by atoms with E-state index in [0.29, 0.717) is 31.2 Å². The Labute approximate surface area is 180 Å². The summed E-state index contributed by atoms with van der Waals surface area (Å²) in [6, 6.07) is 6.69. The summed E-state index contributed by atoms with van der Waals surface area (Å²) in [4.78, 5) is 29.4. The normalized spacial score (nSPS) is 23.8. The van der Waals surface area contributed by atoms with Crippen molar-refractivity contribution in [2.45, 2.75) is 59.0 Å². The Morgan fingerprint density at radius 3 is 2.47 bits per heavy atom. The second kappa shape index (κ2) is 10.4. The van der Waals surface area contributed by atoms with Crippen LogP contribution in [0, 0.1) is 23.6 Å². The maximum atomic E-state index is 13.1. The molecule has 0 spiro atoms. The van der Waals surface area contributed by atoms with E-state index in [-0.39, 0.29) is 29.6 Å². The predicted molar refractivity (Wildman–Crippen MR) is 116 cm³/mol. The molecule has 166 valence electrons. The molecule has 30 heavy (non-hydrogen) atoms. The zero-order chi connectivity index (χ0) is 21.7. The SMILES string of the molecule is CC(C)CN1C(=O)CC[C@@H](C(=O)NCC2CCN(Cc3ccc(F)cc3)CC2)[C@H]1C. The van der Waals surface area contributed by atoms with E-state index in [1.165, 1.54) is 12.1 Å². The van der Waals surface area contributed by atoms with Gasteiger partial charge in [-0.25, -0.2) is 4.39 Å². The monoisotopic (exact) mass is 417 g/mol. The van der Waals surface area contributed by atoms with Gasteiger partial charge in [0.15, 0.2) is 0 Å². The maximum Gasteiger partial charge on any atom is 0.225 e. The van der Waals surface area contributed by atoms with Gasteiger partial charge >= 0.3 is 0 Å². The van der Waals surface area contributed by atoms with Crippen LogP contribution in [0.3, 0.4) is 0 Å². The van der Waals surface area contributed by atoms with Crippen molar-refractivity contribution in [3.63, 3.8) is 0 Å². The van der Waals surface area contributed by atoms with E-state index >= 15 is 0 Å². The molecule has 0 aromatic heterocycles. The minimum Gasteiger partial charge on any atom is -0.356 e. The molecule has 1 aromatic carbocycles. The van der Waals surface area contributed by atoms with Gasteiger partial charge in [-0.1, -0.05) is 26.0 Å². The van der Waals surface area contributed by atoms with Crippen molar-refractivity contribution < 1.29 is 14.0 Å². The zero-order valence-corrected chi connectivity index (χ0v) is 18.6. The molecule has 5 nitrogen and oxygen atoms in total. The number of carbonyl (C=O) groups excluding carboxylic acids is 2. The Kier molecular flexibility index (Phi) is 7.87. The lowest BCUT2D eigenvalue weighted by atomic mass is 9.88. The van der Waals surface area contributed by atoms with Crippen LogP contribution in [0.25, 0.3) is 0 Å². The van der Waals surface area contributed by atoms with Crippen molar-refractivity contribution in [1.82, 2.24) is 15.1 Å². The number of likely N-dealkylation sites (tertiary alicyclic amines) is 2. The molecule has 2 aliphatic heterocycles. The standard InChI is InChI=1S/C24H36FN3O2/c1-17(2)15-28-18(3)22(8-9-23(28)29)24(30)26-14-19-10-12-27(13-11-19)16-20-4-6-21(25)7-5-20/h4-7,17-19,22H,8-16H2,1-3H3,(H,26,30)/t18-,22-/m1/s1. The van der Waals surface area contributed by atoms with Crippen molar-refractivity contribution in [3.8, 4) is 0 Å². The Bertz CT molecular complexity index is 714. The van der Waals surface area contributed by atoms with E-state index in [1.807, 2.05) is 24.0 Å². The summed E-state index contributed by atoms with van der Waals surface area (Å²) in [5, 5.41) is 3.17. The van der Waals surface area contributed by atoms with E-state index in [2.05, 4.69) is 24.1 Å². The first kappa shape index (κ1) is 22.7. The van der Waals surface area contributed by atoms with Gasteiger partial charge in [-0.15, -0.1) is 0 Å². The zero-order valence-electron chi connectivity index (χ0n) is 18.6. The van der Waals surface area contributed by atoms with Crippen LogP contribution in [-0.4, -0.2) is 53.8 Å². The molecular formula is C24H36FN3O2. The van der Waals surface area contributed by atoms with Gasteiger partial charge in [0.2, 0.25) is 11.8 Å². The lowest BCUT2D eigenvalue weighted by molar-refractivity contribution is -0.143. The number of hydrogen-bond donors (Lipinski definition) is 1. The number of rotatable bonds is 7. The summed E-state index contributed by atoms with van der Waals surface area (Å²) >= 11 is 0. The molecule has 2 atom stereocenters. The lowest BCUT2D eigenvalue weighted by Gasteiger charge is -2.39. The minimum absolute atomic E-state index is 0.0359. The Balaban J connectivity index is 1.42. The molecule has 2 aliphatic rings. The molecule has 1 aromatic rings. The lowest BCUT2D eigenvalue weighted by Crippen LogP contribution is -2.53. The highest BCUT2D eigenvalue weighted by Crippen LogP contribution is 2.26. The van der Waals surface area contributed by atoms with Crippen LogP contribution in [0.2, 0.25) is 0 Å². The number of benzene rings is 1. The molecule has 6 heteroatoms. The number of nitrogens with zero attached hydrogens (tertiary/aromatic N) is 2. The van der Waals surface area contributed by atoms with Gasteiger partial charge in [-0.2, -0.15) is 0 Å². The average molecular weight is 418 g/mol. The molecule has 2 amide bonds. The van der Waals surface area contributed by atoms with E-state index in [4.69, 9.17) is 0 Å². The van der Waals surface area contributed by atoms with E-state index in [0.717, 1.165) is 44.6 Å². The number of piperidine rings is 2. The van der Waals surface area contributed by atoms with Crippen molar-refractivity contribution in [2.24, 2.45) is 17.8 Å². The van der Waals surface area contributed by atoms with Crippen LogP contribution in [0.15, 0.2) is 24.3 Å². The van der Waals surface area contributed by atoms with Crippen LogP contribution < -0.4 is 5.32 Å². The molecule has 2 fully saturated rings. The van der Waals surface area contributed by atoms with Crippen LogP contribution in [0.1, 0.15) is 52.0 Å². The van der Waals surface area contributed by atoms with Gasteiger partial charge < -0.3 is 10.2 Å². The smallest absolute Gasteiger partial charge is 0.225 e. The fraction of sp³-hybridized carbons (Fsp3) is 0.667. The third kappa shape index (κ3) is 6.03. The Morgan fingerprint density at radius 2 is 1.83 bits per heavy atom. The highest BCUT2D eigenvalue weighted by Gasteiger charge is 2.37. The number of nitrogens with one attached hydrogen (secondary N) is 1. The molecule has 0 aliphatic carbocycles. The predicted octanol–water partition coefficient (Wildman–Crippen LogP) is 3.44. The van der Waals surface area contributed by atoms with Crippen LogP contribution in [0.5, 0.6) is 0 Å². The van der Waals surface area contributed by atoms with E-state index in [1.54, 1.807) is 0 Å². The summed E-state index contributed by atoms with van der Waals surface area (Å²) in [5.74, 6) is 0.854. The second-order valence-electron chi connectivity index (χ2n) is 9.42. The highest BCUT2D eigenvalue weighted by molar-refractivity contribution is 5.84. The maximum absolute atomic E-state index is 13.1. The van der Waals surface area contributed by atoms with Gasteiger partial charge in [0.05, 0.1) is 5.92 Å². The summed E-state index contributed by atoms with van der Waals surface area (Å²) in [6.07, 6.45) is 3.23. The third-order valence-corrected chi connectivity index (χ3v) is 6.55. The molecule has 0 bridgehead atoms. The van der Waals surface area contributed by atoms with Crippen molar-refractivity contribution in [3.05, 3.63) is 35.6 Å². The minimum atomic E-state index is -0.197. The van der Waals surface area contributed by atoms with Gasteiger partial charge in [-0.05, 0) is 68.8 Å². The molecule has 2 heterocycles. The number of carbonyl (C=O) groups is 2. The van der Waals surface area contributed by atoms with Gasteiger partial charge in [-0.3, -0.25) is 14.5 Å². The van der Waals surface area contributed by atoms with E-state index < -0.39 is 0 Å². The average Bonchev–Trinajstić information content (AvgIpc) is 2.72. The van der Waals surface area contributed by atoms with Gasteiger partial charge in [0.25, 0.3) is 0 Å². The molecule has 0 saturated carbocycles. The number of hydrogen-bond acceptors (Lipinski definition) is 3. The van der Waals surface area contributed by atoms with Gasteiger partial charge in [0, 0.05) is 32.1 Å². The van der Waals surface area contributed by atoms with Crippen molar-refractivity contribution in [2.75, 3.05) is 26.2 Å².